The summed E-state index contributed by atoms with van der Waals surface area (Å²) >= 11 is 0. The number of aromatic amines is 2. The second-order valence-electron chi connectivity index (χ2n) is 16.6. The van der Waals surface area contributed by atoms with Crippen LogP contribution in [-0.4, -0.2) is 93.1 Å². The van der Waals surface area contributed by atoms with E-state index < -0.39 is 24.3 Å². The first-order valence-electron chi connectivity index (χ1n) is 20.8. The molecule has 0 spiro atoms. The average molecular weight is 813 g/mol. The fraction of sp³-hybridized carbons (Fsp3) is 0.391. The Morgan fingerprint density at radius 2 is 1.00 bits per heavy atom. The molecule has 0 saturated carbocycles. The van der Waals surface area contributed by atoms with Gasteiger partial charge in [-0.25, -0.2) is 19.6 Å². The van der Waals surface area contributed by atoms with Gasteiger partial charge >= 0.3 is 12.2 Å². The van der Waals surface area contributed by atoms with Crippen molar-refractivity contribution in [3.05, 3.63) is 84.4 Å². The Labute approximate surface area is 348 Å². The van der Waals surface area contributed by atoms with Gasteiger partial charge in [0, 0.05) is 13.1 Å². The zero-order valence-electron chi connectivity index (χ0n) is 34.9. The summed E-state index contributed by atoms with van der Waals surface area (Å²) in [5.41, 5.74) is 7.63. The van der Waals surface area contributed by atoms with E-state index in [1.165, 1.54) is 14.2 Å². The molecular weight excluding hydrogens is 761 g/mol. The molecule has 0 aliphatic carbocycles. The van der Waals surface area contributed by atoms with Gasteiger partial charge < -0.3 is 39.9 Å². The van der Waals surface area contributed by atoms with Crippen molar-refractivity contribution in [3.8, 4) is 22.3 Å². The number of aromatic nitrogens is 4. The van der Waals surface area contributed by atoms with Crippen LogP contribution in [0.1, 0.15) is 77.1 Å². The number of likely N-dealkylation sites (tertiary alicyclic amines) is 2. The molecule has 0 bridgehead atoms. The third-order valence-corrected chi connectivity index (χ3v) is 12.0. The first-order valence-corrected chi connectivity index (χ1v) is 20.8. The zero-order valence-corrected chi connectivity index (χ0v) is 34.9. The van der Waals surface area contributed by atoms with Crippen LogP contribution in [0.15, 0.2) is 72.8 Å². The van der Waals surface area contributed by atoms with Gasteiger partial charge in [-0.3, -0.25) is 9.59 Å². The maximum Gasteiger partial charge on any atom is 0.407 e. The third-order valence-electron chi connectivity index (χ3n) is 12.0. The molecule has 312 valence electrons. The Morgan fingerprint density at radius 1 is 0.600 bits per heavy atom. The van der Waals surface area contributed by atoms with Crippen molar-refractivity contribution in [2.24, 2.45) is 11.8 Å². The standard InChI is InChI=1S/C46H52N8O6/c1-25(2)39(51-45(57)59-5)43(55)53-19-7-9-37(53)41-47-33-17-15-30(23-35(33)49-41)28-13-11-27-12-14-29(22-32(27)21-28)31-16-18-34-36(24-31)50-42(48-34)38-10-8-20-54(38)44(56)40(26(3)4)52-46(58)60-6/h11-18,21-26,37-40H,7-10,19-20H2,1-6H3,(H,47,49)(H,48,50)(H,51,57)(H,52,58)/t37-,38-,39+,40+/m0/s1. The van der Waals surface area contributed by atoms with Crippen molar-refractivity contribution < 1.29 is 28.7 Å². The second kappa shape index (κ2) is 16.7. The molecule has 2 aliphatic rings. The molecule has 4 amide bonds. The van der Waals surface area contributed by atoms with Crippen LogP contribution in [0, 0.1) is 11.8 Å². The molecule has 2 saturated heterocycles. The normalized spacial score (nSPS) is 17.8. The monoisotopic (exact) mass is 812 g/mol. The van der Waals surface area contributed by atoms with Crippen LogP contribution < -0.4 is 10.6 Å². The Morgan fingerprint density at radius 3 is 1.40 bits per heavy atom. The van der Waals surface area contributed by atoms with E-state index in [1.807, 2.05) is 49.6 Å². The number of imidazole rings is 2. The minimum atomic E-state index is -0.696. The molecule has 2 aliphatic heterocycles. The van der Waals surface area contributed by atoms with Crippen molar-refractivity contribution >= 4 is 56.8 Å². The predicted octanol–water partition coefficient (Wildman–Crippen LogP) is 8.01. The van der Waals surface area contributed by atoms with E-state index in [9.17, 15) is 19.2 Å². The average Bonchev–Trinajstić information content (AvgIpc) is 4.08. The number of carbonyl (C=O) groups excluding carboxylic acids is 4. The lowest BCUT2D eigenvalue weighted by atomic mass is 9.97. The maximum absolute atomic E-state index is 13.7. The lowest BCUT2D eigenvalue weighted by molar-refractivity contribution is -0.136. The summed E-state index contributed by atoms with van der Waals surface area (Å²) < 4.78 is 9.57. The minimum Gasteiger partial charge on any atom is -0.453 e. The van der Waals surface area contributed by atoms with E-state index >= 15 is 0 Å². The molecule has 60 heavy (non-hydrogen) atoms. The lowest BCUT2D eigenvalue weighted by Gasteiger charge is -2.29. The number of amides is 4. The van der Waals surface area contributed by atoms with Crippen LogP contribution in [0.4, 0.5) is 9.59 Å². The number of rotatable bonds is 10. The van der Waals surface area contributed by atoms with Crippen molar-refractivity contribution in [2.45, 2.75) is 77.5 Å². The number of methoxy groups -OCH3 is 2. The highest BCUT2D eigenvalue weighted by molar-refractivity contribution is 5.93. The summed E-state index contributed by atoms with van der Waals surface area (Å²) in [5.74, 6) is 0.970. The summed E-state index contributed by atoms with van der Waals surface area (Å²) in [6, 6.07) is 23.5. The van der Waals surface area contributed by atoms with E-state index in [2.05, 4.69) is 81.3 Å². The molecule has 2 fully saturated rings. The summed E-state index contributed by atoms with van der Waals surface area (Å²) in [6.07, 6.45) is 1.99. The minimum absolute atomic E-state index is 0.112. The van der Waals surface area contributed by atoms with E-state index in [4.69, 9.17) is 19.4 Å². The van der Waals surface area contributed by atoms with Crippen molar-refractivity contribution in [3.63, 3.8) is 0 Å². The molecule has 14 heteroatoms. The van der Waals surface area contributed by atoms with Crippen molar-refractivity contribution in [1.82, 2.24) is 40.4 Å². The number of hydrogen-bond acceptors (Lipinski definition) is 8. The zero-order chi connectivity index (χ0) is 42.2. The number of hydrogen-bond donors (Lipinski definition) is 4. The SMILES string of the molecule is COC(=O)N[C@@H](C(=O)N1CCC[C@H]1c1nc2ccc(-c3ccc4ccc(-c5ccc6nc([C@@H]7CCCN7C(=O)[C@H](NC(=O)OC)C(C)C)[nH]c6c5)cc4c3)cc2[nH]1)C(C)C. The molecule has 2 aromatic heterocycles. The highest BCUT2D eigenvalue weighted by Gasteiger charge is 2.39. The fourth-order valence-electron chi connectivity index (χ4n) is 8.73. The molecule has 8 rings (SSSR count). The van der Waals surface area contributed by atoms with E-state index in [-0.39, 0.29) is 35.7 Å². The molecule has 0 radical (unpaired) electrons. The number of carbonyl (C=O) groups is 4. The number of nitrogens with one attached hydrogen (secondary N) is 4. The Kier molecular flexibility index (Phi) is 11.2. The Bertz CT molecular complexity index is 2420. The van der Waals surface area contributed by atoms with Crippen LogP contribution in [-0.2, 0) is 19.1 Å². The van der Waals surface area contributed by atoms with Gasteiger partial charge in [0.2, 0.25) is 11.8 Å². The molecule has 4 heterocycles. The maximum atomic E-state index is 13.7. The fourth-order valence-corrected chi connectivity index (χ4v) is 8.73. The molecule has 0 unspecified atom stereocenters. The summed E-state index contributed by atoms with van der Waals surface area (Å²) in [7, 11) is 2.59. The van der Waals surface area contributed by atoms with Gasteiger partial charge in [-0.05, 0) is 107 Å². The lowest BCUT2D eigenvalue weighted by Crippen LogP contribution is -2.51. The summed E-state index contributed by atoms with van der Waals surface area (Å²) in [5, 5.41) is 7.65. The molecule has 4 N–H and O–H groups in total. The van der Waals surface area contributed by atoms with Gasteiger partial charge in [0.05, 0.1) is 48.4 Å². The summed E-state index contributed by atoms with van der Waals surface area (Å²) in [4.78, 5) is 72.0. The van der Waals surface area contributed by atoms with Gasteiger partial charge in [-0.2, -0.15) is 0 Å². The van der Waals surface area contributed by atoms with Gasteiger partial charge in [0.25, 0.3) is 0 Å². The van der Waals surface area contributed by atoms with Gasteiger partial charge in [0.15, 0.2) is 0 Å². The van der Waals surface area contributed by atoms with E-state index in [0.717, 1.165) is 92.4 Å². The number of fused-ring (bicyclic) bond motifs is 3. The Balaban J connectivity index is 1.02. The van der Waals surface area contributed by atoms with Crippen LogP contribution in [0.3, 0.4) is 0 Å². The van der Waals surface area contributed by atoms with Gasteiger partial charge in [-0.1, -0.05) is 64.1 Å². The van der Waals surface area contributed by atoms with Crippen LogP contribution >= 0.6 is 0 Å². The van der Waals surface area contributed by atoms with E-state index in [1.54, 1.807) is 0 Å². The number of benzene rings is 4. The van der Waals surface area contributed by atoms with Gasteiger partial charge in [-0.15, -0.1) is 0 Å². The first-order chi connectivity index (χ1) is 28.9. The molecule has 4 atom stereocenters. The number of nitrogens with zero attached hydrogens (tertiary/aromatic N) is 4. The highest BCUT2D eigenvalue weighted by atomic mass is 16.5. The highest BCUT2D eigenvalue weighted by Crippen LogP contribution is 2.36. The molecular formula is C46H52N8O6. The molecule has 14 nitrogen and oxygen atoms in total. The number of ether oxygens (including phenoxy) is 2. The number of alkyl carbamates (subject to hydrolysis) is 2. The third kappa shape index (κ3) is 7.85. The molecule has 4 aromatic carbocycles. The number of H-pyrrole nitrogens is 2. The molecule has 6 aromatic rings. The van der Waals surface area contributed by atoms with Crippen LogP contribution in [0.2, 0.25) is 0 Å². The van der Waals surface area contributed by atoms with Crippen molar-refractivity contribution in [1.29, 1.82) is 0 Å². The second-order valence-corrected chi connectivity index (χ2v) is 16.6. The van der Waals surface area contributed by atoms with Crippen molar-refractivity contribution in [2.75, 3.05) is 27.3 Å². The van der Waals surface area contributed by atoms with Gasteiger partial charge in [0.1, 0.15) is 23.7 Å². The van der Waals surface area contributed by atoms with Crippen LogP contribution in [0.5, 0.6) is 0 Å². The van der Waals surface area contributed by atoms with E-state index in [0.29, 0.717) is 13.1 Å². The quantitative estimate of drug-likeness (QED) is 0.108. The smallest absolute Gasteiger partial charge is 0.407 e. The largest absolute Gasteiger partial charge is 0.453 e. The van der Waals surface area contributed by atoms with Crippen LogP contribution in [0.25, 0.3) is 55.1 Å². The topological polar surface area (TPSA) is 175 Å². The predicted molar refractivity (Wildman–Crippen MR) is 230 cm³/mol. The Hall–Kier alpha value is -6.44. The summed E-state index contributed by atoms with van der Waals surface area (Å²) in [6.45, 7) is 8.81. The first kappa shape index (κ1) is 40.3.